The molecule has 0 spiro atoms. The number of carbonyl (C=O) groups excluding carboxylic acids is 1. The van der Waals surface area contributed by atoms with Gasteiger partial charge in [0, 0.05) is 23.1 Å². The summed E-state index contributed by atoms with van der Waals surface area (Å²) in [6.45, 7) is 2.11. The Balaban J connectivity index is 2.05. The van der Waals surface area contributed by atoms with E-state index in [1.807, 2.05) is 31.2 Å². The van der Waals surface area contributed by atoms with Gasteiger partial charge in [-0.2, -0.15) is 0 Å². The van der Waals surface area contributed by atoms with E-state index < -0.39 is 0 Å². The lowest BCUT2D eigenvalue weighted by atomic mass is 9.88. The number of aliphatic hydroxyl groups excluding tert-OH is 1. The number of hydrogen-bond donors (Lipinski definition) is 2. The first kappa shape index (κ1) is 14.6. The summed E-state index contributed by atoms with van der Waals surface area (Å²) >= 11 is 0. The summed E-state index contributed by atoms with van der Waals surface area (Å²) in [6.07, 6.45) is 4.67. The number of nitrogens with one attached hydrogen (secondary N) is 1. The molecule has 0 saturated heterocycles. The number of carbonyl (C=O) groups is 1. The monoisotopic (exact) mass is 271 g/mol. The van der Waals surface area contributed by atoms with Crippen molar-refractivity contribution in [1.82, 2.24) is 0 Å². The van der Waals surface area contributed by atoms with Crippen LogP contribution in [-0.2, 0) is 4.79 Å². The minimum atomic E-state index is -0.224. The molecule has 1 amide bonds. The SMILES string of the molecule is CC1(C(=O)Nc2cccc(C#CCCO)c2)CCCC1. The Labute approximate surface area is 120 Å². The van der Waals surface area contributed by atoms with Gasteiger partial charge in [-0.1, -0.05) is 37.7 Å². The third kappa shape index (κ3) is 3.61. The Morgan fingerprint density at radius 3 is 2.85 bits per heavy atom. The molecule has 3 heteroatoms. The van der Waals surface area contributed by atoms with Crippen LogP contribution >= 0.6 is 0 Å². The van der Waals surface area contributed by atoms with E-state index in [0.717, 1.165) is 36.9 Å². The van der Waals surface area contributed by atoms with E-state index in [0.29, 0.717) is 6.42 Å². The average molecular weight is 271 g/mol. The zero-order chi connectivity index (χ0) is 14.4. The van der Waals surface area contributed by atoms with Crippen LogP contribution < -0.4 is 5.32 Å². The molecule has 0 heterocycles. The summed E-state index contributed by atoms with van der Waals surface area (Å²) in [5.41, 5.74) is 1.42. The standard InChI is InChI=1S/C17H21NO2/c1-17(10-3-4-11-17)16(20)18-15-9-6-8-14(13-15)7-2-5-12-19/h6,8-9,13,19H,3-5,10-12H2,1H3,(H,18,20). The lowest BCUT2D eigenvalue weighted by molar-refractivity contribution is -0.124. The van der Waals surface area contributed by atoms with Crippen molar-refractivity contribution < 1.29 is 9.90 Å². The summed E-state index contributed by atoms with van der Waals surface area (Å²) in [5, 5.41) is 11.7. The average Bonchev–Trinajstić information content (AvgIpc) is 2.88. The number of aliphatic hydroxyl groups is 1. The van der Waals surface area contributed by atoms with Gasteiger partial charge in [0.05, 0.1) is 6.61 Å². The number of rotatable bonds is 3. The highest BCUT2D eigenvalue weighted by Gasteiger charge is 2.36. The molecular formula is C17H21NO2. The molecule has 2 N–H and O–H groups in total. The molecule has 1 fully saturated rings. The maximum absolute atomic E-state index is 12.3. The van der Waals surface area contributed by atoms with Crippen molar-refractivity contribution in [2.75, 3.05) is 11.9 Å². The van der Waals surface area contributed by atoms with E-state index >= 15 is 0 Å². The van der Waals surface area contributed by atoms with E-state index in [2.05, 4.69) is 17.2 Å². The fraction of sp³-hybridized carbons (Fsp3) is 0.471. The van der Waals surface area contributed by atoms with Crippen LogP contribution in [0.25, 0.3) is 0 Å². The van der Waals surface area contributed by atoms with Crippen LogP contribution in [0.4, 0.5) is 5.69 Å². The first-order valence-corrected chi connectivity index (χ1v) is 7.15. The quantitative estimate of drug-likeness (QED) is 0.830. The van der Waals surface area contributed by atoms with Crippen molar-refractivity contribution in [1.29, 1.82) is 0 Å². The summed E-state index contributed by atoms with van der Waals surface area (Å²) in [6, 6.07) is 7.54. The molecule has 1 saturated carbocycles. The lowest BCUT2D eigenvalue weighted by Gasteiger charge is -2.22. The molecule has 1 aromatic carbocycles. The minimum absolute atomic E-state index is 0.0712. The van der Waals surface area contributed by atoms with Gasteiger partial charge in [-0.25, -0.2) is 0 Å². The Morgan fingerprint density at radius 2 is 2.15 bits per heavy atom. The summed E-state index contributed by atoms with van der Waals surface area (Å²) in [4.78, 5) is 12.3. The second-order valence-corrected chi connectivity index (χ2v) is 5.58. The van der Waals surface area contributed by atoms with Crippen LogP contribution in [0.5, 0.6) is 0 Å². The maximum atomic E-state index is 12.3. The van der Waals surface area contributed by atoms with Crippen LogP contribution in [0.3, 0.4) is 0 Å². The third-order valence-corrected chi connectivity index (χ3v) is 3.85. The molecule has 106 valence electrons. The Hall–Kier alpha value is -1.79. The fourth-order valence-electron chi connectivity index (χ4n) is 2.56. The molecule has 1 aromatic rings. The van der Waals surface area contributed by atoms with Gasteiger partial charge in [0.1, 0.15) is 0 Å². The first-order valence-electron chi connectivity index (χ1n) is 7.15. The maximum Gasteiger partial charge on any atom is 0.230 e. The lowest BCUT2D eigenvalue weighted by Crippen LogP contribution is -2.30. The molecule has 2 rings (SSSR count). The van der Waals surface area contributed by atoms with Gasteiger partial charge in [-0.05, 0) is 31.0 Å². The summed E-state index contributed by atoms with van der Waals surface area (Å²) in [5.74, 6) is 5.97. The highest BCUT2D eigenvalue weighted by molar-refractivity contribution is 5.95. The predicted octanol–water partition coefficient (Wildman–Crippen LogP) is 2.94. The van der Waals surface area contributed by atoms with Gasteiger partial charge in [-0.3, -0.25) is 4.79 Å². The molecule has 0 aliphatic heterocycles. The van der Waals surface area contributed by atoms with Crippen molar-refractivity contribution in [3.63, 3.8) is 0 Å². The number of anilines is 1. The fourth-order valence-corrected chi connectivity index (χ4v) is 2.56. The Bertz CT molecular complexity index is 533. The molecule has 1 aliphatic carbocycles. The molecule has 20 heavy (non-hydrogen) atoms. The Kier molecular flexibility index (Phi) is 4.81. The van der Waals surface area contributed by atoms with Gasteiger partial charge in [-0.15, -0.1) is 0 Å². The minimum Gasteiger partial charge on any atom is -0.395 e. The molecule has 1 aliphatic rings. The molecule has 0 aromatic heterocycles. The zero-order valence-corrected chi connectivity index (χ0v) is 11.9. The molecule has 3 nitrogen and oxygen atoms in total. The van der Waals surface area contributed by atoms with E-state index in [-0.39, 0.29) is 17.9 Å². The predicted molar refractivity (Wildman–Crippen MR) is 80.2 cm³/mol. The van der Waals surface area contributed by atoms with Crippen LogP contribution in [0, 0.1) is 17.3 Å². The zero-order valence-electron chi connectivity index (χ0n) is 11.9. The smallest absolute Gasteiger partial charge is 0.230 e. The first-order chi connectivity index (χ1) is 9.64. The van der Waals surface area contributed by atoms with Gasteiger partial charge >= 0.3 is 0 Å². The largest absolute Gasteiger partial charge is 0.395 e. The van der Waals surface area contributed by atoms with Gasteiger partial charge in [0.2, 0.25) is 5.91 Å². The van der Waals surface area contributed by atoms with Gasteiger partial charge in [0.15, 0.2) is 0 Å². The number of hydrogen-bond acceptors (Lipinski definition) is 2. The van der Waals surface area contributed by atoms with Crippen LogP contribution in [0.2, 0.25) is 0 Å². The molecule has 0 bridgehead atoms. The van der Waals surface area contributed by atoms with E-state index in [1.165, 1.54) is 0 Å². The number of benzene rings is 1. The van der Waals surface area contributed by atoms with Gasteiger partial charge < -0.3 is 10.4 Å². The van der Waals surface area contributed by atoms with Crippen LogP contribution in [0.1, 0.15) is 44.6 Å². The molecule has 0 radical (unpaired) electrons. The Morgan fingerprint density at radius 1 is 1.40 bits per heavy atom. The van der Waals surface area contributed by atoms with Crippen molar-refractivity contribution in [3.05, 3.63) is 29.8 Å². The van der Waals surface area contributed by atoms with E-state index in [9.17, 15) is 4.79 Å². The summed E-state index contributed by atoms with van der Waals surface area (Å²) in [7, 11) is 0. The second-order valence-electron chi connectivity index (χ2n) is 5.58. The molecular weight excluding hydrogens is 250 g/mol. The van der Waals surface area contributed by atoms with Crippen molar-refractivity contribution >= 4 is 11.6 Å². The molecule has 0 unspecified atom stereocenters. The van der Waals surface area contributed by atoms with Crippen molar-refractivity contribution in [2.45, 2.75) is 39.0 Å². The van der Waals surface area contributed by atoms with E-state index in [4.69, 9.17) is 5.11 Å². The van der Waals surface area contributed by atoms with Crippen LogP contribution in [-0.4, -0.2) is 17.6 Å². The topological polar surface area (TPSA) is 49.3 Å². The molecule has 0 atom stereocenters. The third-order valence-electron chi connectivity index (χ3n) is 3.85. The van der Waals surface area contributed by atoms with Crippen LogP contribution in [0.15, 0.2) is 24.3 Å². The second kappa shape index (κ2) is 6.58. The van der Waals surface area contributed by atoms with E-state index in [1.54, 1.807) is 0 Å². The normalized spacial score (nSPS) is 16.3. The van der Waals surface area contributed by atoms with Crippen molar-refractivity contribution in [2.24, 2.45) is 5.41 Å². The highest BCUT2D eigenvalue weighted by atomic mass is 16.2. The summed E-state index contributed by atoms with van der Waals surface area (Å²) < 4.78 is 0. The number of amides is 1. The highest BCUT2D eigenvalue weighted by Crippen LogP contribution is 2.38. The van der Waals surface area contributed by atoms with Gasteiger partial charge in [0.25, 0.3) is 0 Å². The van der Waals surface area contributed by atoms with Crippen molar-refractivity contribution in [3.8, 4) is 11.8 Å².